The van der Waals surface area contributed by atoms with Gasteiger partial charge in [0.05, 0.1) is 23.4 Å². The molecule has 9 heteroatoms. The van der Waals surface area contributed by atoms with Crippen molar-refractivity contribution in [2.24, 2.45) is 5.10 Å². The van der Waals surface area contributed by atoms with Crippen molar-refractivity contribution in [3.8, 4) is 0 Å². The molecule has 2 aromatic rings. The Morgan fingerprint density at radius 1 is 1.08 bits per heavy atom. The maximum absolute atomic E-state index is 13.6. The van der Waals surface area contributed by atoms with E-state index in [1.54, 1.807) is 0 Å². The average Bonchev–Trinajstić information content (AvgIpc) is 2.57. The minimum absolute atomic E-state index is 0.0898. The summed E-state index contributed by atoms with van der Waals surface area (Å²) in [6, 6.07) is 7.62. The molecule has 138 valence electrons. The number of nitrogens with zero attached hydrogens (tertiary/aromatic N) is 1. The zero-order valence-corrected chi connectivity index (χ0v) is 13.5. The van der Waals surface area contributed by atoms with Gasteiger partial charge in [-0.1, -0.05) is 12.1 Å². The molecule has 0 aliphatic heterocycles. The minimum Gasteiger partial charge on any atom is -0.376 e. The molecule has 0 bridgehead atoms. The molecule has 0 aliphatic carbocycles. The first-order chi connectivity index (χ1) is 12.2. The second-order valence-corrected chi connectivity index (χ2v) is 5.26. The standard InChI is InChI=1S/C17H14F5N3O/c1-10(16-13(18)6-3-7-14(16)19)24-25-15(26)9-23-12-5-2-4-11(8-12)17(20,21)22/h2-8,23H,9H2,1H3,(H,25,26)/b24-10-. The number of nitrogens with one attached hydrogen (secondary N) is 2. The number of rotatable bonds is 5. The maximum Gasteiger partial charge on any atom is 0.416 e. The van der Waals surface area contributed by atoms with Gasteiger partial charge in [0.15, 0.2) is 0 Å². The predicted octanol–water partition coefficient (Wildman–Crippen LogP) is 3.94. The molecule has 2 N–H and O–H groups in total. The Bertz CT molecular complexity index is 813. The van der Waals surface area contributed by atoms with E-state index in [1.165, 1.54) is 25.1 Å². The number of anilines is 1. The van der Waals surface area contributed by atoms with Crippen molar-refractivity contribution in [3.05, 3.63) is 65.2 Å². The molecule has 0 radical (unpaired) electrons. The topological polar surface area (TPSA) is 53.5 Å². The first-order valence-corrected chi connectivity index (χ1v) is 7.37. The first kappa shape index (κ1) is 19.4. The number of halogens is 5. The highest BCUT2D eigenvalue weighted by Gasteiger charge is 2.30. The molecule has 4 nitrogen and oxygen atoms in total. The van der Waals surface area contributed by atoms with E-state index in [2.05, 4.69) is 15.8 Å². The molecule has 0 saturated heterocycles. The highest BCUT2D eigenvalue weighted by atomic mass is 19.4. The van der Waals surface area contributed by atoms with Crippen LogP contribution in [0.2, 0.25) is 0 Å². The summed E-state index contributed by atoms with van der Waals surface area (Å²) in [6.07, 6.45) is -4.49. The van der Waals surface area contributed by atoms with Crippen molar-refractivity contribution in [1.82, 2.24) is 5.43 Å². The van der Waals surface area contributed by atoms with Crippen molar-refractivity contribution >= 4 is 17.3 Å². The van der Waals surface area contributed by atoms with Gasteiger partial charge in [0, 0.05) is 5.69 Å². The fourth-order valence-electron chi connectivity index (χ4n) is 2.07. The van der Waals surface area contributed by atoms with Crippen molar-refractivity contribution in [2.45, 2.75) is 13.1 Å². The Morgan fingerprint density at radius 2 is 1.69 bits per heavy atom. The lowest BCUT2D eigenvalue weighted by atomic mass is 10.1. The van der Waals surface area contributed by atoms with Crippen LogP contribution in [-0.2, 0) is 11.0 Å². The van der Waals surface area contributed by atoms with Gasteiger partial charge < -0.3 is 5.32 Å². The van der Waals surface area contributed by atoms with Gasteiger partial charge in [0.2, 0.25) is 0 Å². The SMILES string of the molecule is C/C(=N/NC(=O)CNc1cccc(C(F)(F)F)c1)c1c(F)cccc1F. The van der Waals surface area contributed by atoms with Gasteiger partial charge in [-0.2, -0.15) is 18.3 Å². The lowest BCUT2D eigenvalue weighted by molar-refractivity contribution is -0.137. The van der Waals surface area contributed by atoms with Crippen LogP contribution in [0.4, 0.5) is 27.6 Å². The molecule has 0 unspecified atom stereocenters. The number of amides is 1. The molecule has 26 heavy (non-hydrogen) atoms. The van der Waals surface area contributed by atoms with E-state index >= 15 is 0 Å². The summed E-state index contributed by atoms with van der Waals surface area (Å²) in [5.74, 6) is -2.36. The fraction of sp³-hybridized carbons (Fsp3) is 0.176. The van der Waals surface area contributed by atoms with Crippen LogP contribution < -0.4 is 10.7 Å². The molecule has 0 heterocycles. The van der Waals surface area contributed by atoms with Crippen molar-refractivity contribution in [2.75, 3.05) is 11.9 Å². The number of carbonyl (C=O) groups is 1. The van der Waals surface area contributed by atoms with Crippen LogP contribution in [0.3, 0.4) is 0 Å². The Balaban J connectivity index is 1.97. The number of hydrogen-bond acceptors (Lipinski definition) is 3. The van der Waals surface area contributed by atoms with E-state index in [9.17, 15) is 26.7 Å². The van der Waals surface area contributed by atoms with E-state index < -0.39 is 29.3 Å². The molecule has 2 aromatic carbocycles. The summed E-state index contributed by atoms with van der Waals surface area (Å²) < 4.78 is 65.0. The Kier molecular flexibility index (Phi) is 5.91. The van der Waals surface area contributed by atoms with E-state index in [4.69, 9.17) is 0 Å². The summed E-state index contributed by atoms with van der Waals surface area (Å²) in [4.78, 5) is 11.7. The fourth-order valence-corrected chi connectivity index (χ4v) is 2.07. The van der Waals surface area contributed by atoms with Crippen LogP contribution >= 0.6 is 0 Å². The van der Waals surface area contributed by atoms with Crippen LogP contribution in [0.5, 0.6) is 0 Å². The summed E-state index contributed by atoms with van der Waals surface area (Å²) in [5.41, 5.74) is 0.854. The van der Waals surface area contributed by atoms with Crippen molar-refractivity contribution < 1.29 is 26.7 Å². The Hall–Kier alpha value is -2.97. The third kappa shape index (κ3) is 5.01. The normalized spacial score (nSPS) is 12.0. The Morgan fingerprint density at radius 3 is 2.31 bits per heavy atom. The first-order valence-electron chi connectivity index (χ1n) is 7.37. The second-order valence-electron chi connectivity index (χ2n) is 5.26. The predicted molar refractivity (Wildman–Crippen MR) is 86.6 cm³/mol. The number of hydrogen-bond donors (Lipinski definition) is 2. The lowest BCUT2D eigenvalue weighted by Crippen LogP contribution is -2.27. The number of benzene rings is 2. The van der Waals surface area contributed by atoms with Gasteiger partial charge in [0.1, 0.15) is 11.6 Å². The summed E-state index contributed by atoms with van der Waals surface area (Å²) >= 11 is 0. The molecule has 2 rings (SSSR count). The minimum atomic E-state index is -4.49. The summed E-state index contributed by atoms with van der Waals surface area (Å²) in [5, 5.41) is 6.12. The third-order valence-corrected chi connectivity index (χ3v) is 3.32. The average molecular weight is 371 g/mol. The largest absolute Gasteiger partial charge is 0.416 e. The third-order valence-electron chi connectivity index (χ3n) is 3.32. The highest BCUT2D eigenvalue weighted by molar-refractivity contribution is 5.99. The number of carbonyl (C=O) groups excluding carboxylic acids is 1. The van der Waals surface area contributed by atoms with Crippen LogP contribution in [0.25, 0.3) is 0 Å². The van der Waals surface area contributed by atoms with Crippen molar-refractivity contribution in [3.63, 3.8) is 0 Å². The van der Waals surface area contributed by atoms with E-state index in [-0.39, 0.29) is 23.5 Å². The smallest absolute Gasteiger partial charge is 0.376 e. The molecule has 0 saturated carbocycles. The second kappa shape index (κ2) is 7.94. The summed E-state index contributed by atoms with van der Waals surface area (Å²) in [6.45, 7) is 0.930. The van der Waals surface area contributed by atoms with Crippen molar-refractivity contribution in [1.29, 1.82) is 0 Å². The van der Waals surface area contributed by atoms with Gasteiger partial charge in [-0.3, -0.25) is 4.79 Å². The molecular weight excluding hydrogens is 357 g/mol. The number of hydrazone groups is 1. The van der Waals surface area contributed by atoms with Gasteiger partial charge >= 0.3 is 6.18 Å². The van der Waals surface area contributed by atoms with Crippen LogP contribution in [0.1, 0.15) is 18.1 Å². The van der Waals surface area contributed by atoms with Gasteiger partial charge in [0.25, 0.3) is 5.91 Å². The molecule has 1 amide bonds. The summed E-state index contributed by atoms with van der Waals surface area (Å²) in [7, 11) is 0. The van der Waals surface area contributed by atoms with Gasteiger partial charge in [-0.05, 0) is 37.3 Å². The van der Waals surface area contributed by atoms with Crippen LogP contribution in [-0.4, -0.2) is 18.2 Å². The highest BCUT2D eigenvalue weighted by Crippen LogP contribution is 2.30. The molecule has 0 fully saturated rings. The molecule has 0 spiro atoms. The maximum atomic E-state index is 13.6. The van der Waals surface area contributed by atoms with E-state index in [0.29, 0.717) is 0 Å². The lowest BCUT2D eigenvalue weighted by Gasteiger charge is -2.10. The zero-order chi connectivity index (χ0) is 19.3. The molecule has 0 atom stereocenters. The van der Waals surface area contributed by atoms with Crippen LogP contribution in [0, 0.1) is 11.6 Å². The quantitative estimate of drug-likeness (QED) is 0.475. The van der Waals surface area contributed by atoms with Gasteiger partial charge in [-0.25, -0.2) is 14.2 Å². The van der Waals surface area contributed by atoms with Crippen LogP contribution in [0.15, 0.2) is 47.6 Å². The molecule has 0 aliphatic rings. The van der Waals surface area contributed by atoms with E-state index in [0.717, 1.165) is 24.3 Å². The zero-order valence-electron chi connectivity index (χ0n) is 13.5. The number of alkyl halides is 3. The monoisotopic (exact) mass is 371 g/mol. The Labute approximate surface area is 145 Å². The molecule has 0 aromatic heterocycles. The van der Waals surface area contributed by atoms with E-state index in [1.807, 2.05) is 0 Å². The molecular formula is C17H14F5N3O. The van der Waals surface area contributed by atoms with Gasteiger partial charge in [-0.15, -0.1) is 0 Å².